The molecule has 132 valence electrons. The first-order valence-electron chi connectivity index (χ1n) is 8.09. The lowest BCUT2D eigenvalue weighted by Crippen LogP contribution is -2.45. The molecule has 1 fully saturated rings. The number of alkyl carbamates (subject to hydrolysis) is 1. The summed E-state index contributed by atoms with van der Waals surface area (Å²) in [5.74, 6) is -1.63. The third-order valence-corrected chi connectivity index (χ3v) is 3.46. The van der Waals surface area contributed by atoms with E-state index in [-0.39, 0.29) is 18.9 Å². The largest absolute Gasteiger partial charge is 0.481 e. The standard InChI is InChI=1S/C16H27NO6/c1-16(2,3)23-15(21)17-12(9-10-13(18)19)14(20)22-11-7-5-4-6-8-11/h11-12H,4-10H2,1-3H3,(H,17,21)(H,18,19)/t12-/m1/s1. The average Bonchev–Trinajstić information content (AvgIpc) is 2.42. The van der Waals surface area contributed by atoms with Crippen molar-refractivity contribution in [1.82, 2.24) is 5.32 Å². The molecule has 0 aromatic carbocycles. The molecule has 0 aromatic rings. The zero-order chi connectivity index (χ0) is 17.5. The van der Waals surface area contributed by atoms with Crippen molar-refractivity contribution in [1.29, 1.82) is 0 Å². The maximum absolute atomic E-state index is 12.2. The van der Waals surface area contributed by atoms with Gasteiger partial charge in [-0.05, 0) is 52.9 Å². The van der Waals surface area contributed by atoms with Gasteiger partial charge in [-0.1, -0.05) is 6.42 Å². The normalized spacial score (nSPS) is 17.2. The average molecular weight is 329 g/mol. The minimum absolute atomic E-state index is 0.0276. The Hall–Kier alpha value is -1.79. The van der Waals surface area contributed by atoms with Gasteiger partial charge in [0.05, 0.1) is 0 Å². The van der Waals surface area contributed by atoms with E-state index in [0.29, 0.717) is 0 Å². The monoisotopic (exact) mass is 329 g/mol. The summed E-state index contributed by atoms with van der Waals surface area (Å²) >= 11 is 0. The molecule has 0 unspecified atom stereocenters. The highest BCUT2D eigenvalue weighted by Gasteiger charge is 2.28. The van der Waals surface area contributed by atoms with Crippen molar-refractivity contribution in [3.8, 4) is 0 Å². The molecule has 1 atom stereocenters. The number of rotatable bonds is 6. The zero-order valence-electron chi connectivity index (χ0n) is 14.1. The van der Waals surface area contributed by atoms with Crippen LogP contribution in [-0.4, -0.2) is 40.9 Å². The summed E-state index contributed by atoms with van der Waals surface area (Å²) < 4.78 is 10.5. The van der Waals surface area contributed by atoms with Gasteiger partial charge < -0.3 is 19.9 Å². The van der Waals surface area contributed by atoms with E-state index in [1.807, 2.05) is 0 Å². The molecule has 0 aliphatic heterocycles. The molecule has 1 aliphatic rings. The van der Waals surface area contributed by atoms with Crippen molar-refractivity contribution in [2.24, 2.45) is 0 Å². The molecule has 0 aromatic heterocycles. The Bertz CT molecular complexity index is 423. The molecule has 1 rings (SSSR count). The van der Waals surface area contributed by atoms with Crippen LogP contribution in [0.5, 0.6) is 0 Å². The molecule has 0 heterocycles. The van der Waals surface area contributed by atoms with Crippen LogP contribution in [-0.2, 0) is 19.1 Å². The number of aliphatic carboxylic acids is 1. The molecular weight excluding hydrogens is 302 g/mol. The lowest BCUT2D eigenvalue weighted by molar-refractivity contribution is -0.153. The molecule has 7 nitrogen and oxygen atoms in total. The van der Waals surface area contributed by atoms with E-state index in [1.54, 1.807) is 20.8 Å². The van der Waals surface area contributed by atoms with Gasteiger partial charge in [0.2, 0.25) is 0 Å². The van der Waals surface area contributed by atoms with Gasteiger partial charge >= 0.3 is 18.0 Å². The Morgan fingerprint density at radius 1 is 1.17 bits per heavy atom. The zero-order valence-corrected chi connectivity index (χ0v) is 14.1. The molecule has 0 spiro atoms. The van der Waals surface area contributed by atoms with Crippen molar-refractivity contribution >= 4 is 18.0 Å². The summed E-state index contributed by atoms with van der Waals surface area (Å²) in [7, 11) is 0. The number of carboxylic acids is 1. The fourth-order valence-corrected chi connectivity index (χ4v) is 2.40. The lowest BCUT2D eigenvalue weighted by atomic mass is 9.98. The Morgan fingerprint density at radius 3 is 2.30 bits per heavy atom. The SMILES string of the molecule is CC(C)(C)OC(=O)N[C@H](CCC(=O)O)C(=O)OC1CCCCC1. The number of ether oxygens (including phenoxy) is 2. The van der Waals surface area contributed by atoms with Gasteiger partial charge in [-0.25, -0.2) is 9.59 Å². The van der Waals surface area contributed by atoms with Gasteiger partial charge in [0.15, 0.2) is 0 Å². The number of esters is 1. The van der Waals surface area contributed by atoms with Gasteiger partial charge in [-0.15, -0.1) is 0 Å². The van der Waals surface area contributed by atoms with Crippen LogP contribution in [0.1, 0.15) is 65.7 Å². The molecule has 7 heteroatoms. The predicted molar refractivity (Wildman–Crippen MR) is 83.0 cm³/mol. The maximum atomic E-state index is 12.2. The Labute approximate surface area is 136 Å². The second kappa shape index (κ2) is 8.74. The Balaban J connectivity index is 2.60. The first-order valence-corrected chi connectivity index (χ1v) is 8.09. The summed E-state index contributed by atoms with van der Waals surface area (Å²) in [5, 5.41) is 11.2. The van der Waals surface area contributed by atoms with Gasteiger partial charge in [0.25, 0.3) is 0 Å². The van der Waals surface area contributed by atoms with Gasteiger partial charge in [0, 0.05) is 6.42 Å². The third kappa shape index (κ3) is 8.42. The molecule has 0 saturated heterocycles. The summed E-state index contributed by atoms with van der Waals surface area (Å²) in [6.07, 6.45) is 3.60. The van der Waals surface area contributed by atoms with Crippen LogP contribution in [0.2, 0.25) is 0 Å². The van der Waals surface area contributed by atoms with Crippen LogP contribution in [0.3, 0.4) is 0 Å². The minimum Gasteiger partial charge on any atom is -0.481 e. The number of hydrogen-bond donors (Lipinski definition) is 2. The number of amides is 1. The van der Waals surface area contributed by atoms with Gasteiger partial charge in [-0.3, -0.25) is 4.79 Å². The fraction of sp³-hybridized carbons (Fsp3) is 0.812. The first-order chi connectivity index (χ1) is 10.7. The van der Waals surface area contributed by atoms with Crippen molar-refractivity contribution in [2.75, 3.05) is 0 Å². The lowest BCUT2D eigenvalue weighted by Gasteiger charge is -2.26. The number of hydrogen-bond acceptors (Lipinski definition) is 5. The quantitative estimate of drug-likeness (QED) is 0.726. The molecule has 0 bridgehead atoms. The summed E-state index contributed by atoms with van der Waals surface area (Å²) in [5.41, 5.74) is -0.700. The number of nitrogens with one attached hydrogen (secondary N) is 1. The fourth-order valence-electron chi connectivity index (χ4n) is 2.40. The van der Waals surface area contributed by atoms with Gasteiger partial charge in [-0.2, -0.15) is 0 Å². The van der Waals surface area contributed by atoms with Crippen molar-refractivity contribution in [2.45, 2.75) is 83.5 Å². The summed E-state index contributed by atoms with van der Waals surface area (Å²) in [4.78, 5) is 34.8. The maximum Gasteiger partial charge on any atom is 0.408 e. The number of carbonyl (C=O) groups excluding carboxylic acids is 2. The smallest absolute Gasteiger partial charge is 0.408 e. The molecule has 1 aliphatic carbocycles. The molecular formula is C16H27NO6. The van der Waals surface area contributed by atoms with Crippen LogP contribution in [0.25, 0.3) is 0 Å². The highest BCUT2D eigenvalue weighted by Crippen LogP contribution is 2.21. The second-order valence-electron chi connectivity index (χ2n) is 6.83. The first kappa shape index (κ1) is 19.3. The van der Waals surface area contributed by atoms with Crippen LogP contribution in [0.15, 0.2) is 0 Å². The van der Waals surface area contributed by atoms with Crippen molar-refractivity contribution in [3.63, 3.8) is 0 Å². The van der Waals surface area contributed by atoms with Crippen molar-refractivity contribution in [3.05, 3.63) is 0 Å². The second-order valence-corrected chi connectivity index (χ2v) is 6.83. The van der Waals surface area contributed by atoms with Crippen LogP contribution in [0, 0.1) is 0 Å². The highest BCUT2D eigenvalue weighted by molar-refractivity contribution is 5.82. The molecule has 1 saturated carbocycles. The topological polar surface area (TPSA) is 102 Å². The van der Waals surface area contributed by atoms with E-state index in [4.69, 9.17) is 14.6 Å². The number of carboxylic acid groups (broad SMARTS) is 1. The van der Waals surface area contributed by atoms with E-state index in [0.717, 1.165) is 32.1 Å². The van der Waals surface area contributed by atoms with E-state index in [1.165, 1.54) is 0 Å². The Kier molecular flexibility index (Phi) is 7.32. The van der Waals surface area contributed by atoms with E-state index < -0.39 is 29.7 Å². The van der Waals surface area contributed by atoms with Crippen molar-refractivity contribution < 1.29 is 29.0 Å². The van der Waals surface area contributed by atoms with E-state index in [2.05, 4.69) is 5.32 Å². The van der Waals surface area contributed by atoms with E-state index in [9.17, 15) is 14.4 Å². The Morgan fingerprint density at radius 2 is 1.78 bits per heavy atom. The molecule has 0 radical (unpaired) electrons. The van der Waals surface area contributed by atoms with Crippen LogP contribution >= 0.6 is 0 Å². The number of carbonyl (C=O) groups is 3. The summed E-state index contributed by atoms with van der Waals surface area (Å²) in [6.45, 7) is 5.12. The van der Waals surface area contributed by atoms with Crippen LogP contribution in [0.4, 0.5) is 4.79 Å². The van der Waals surface area contributed by atoms with E-state index >= 15 is 0 Å². The predicted octanol–water partition coefficient (Wildman–Crippen LogP) is 2.62. The molecule has 2 N–H and O–H groups in total. The highest BCUT2D eigenvalue weighted by atomic mass is 16.6. The van der Waals surface area contributed by atoms with Crippen LogP contribution < -0.4 is 5.32 Å². The molecule has 23 heavy (non-hydrogen) atoms. The minimum atomic E-state index is -1.04. The third-order valence-electron chi connectivity index (χ3n) is 3.46. The van der Waals surface area contributed by atoms with Gasteiger partial charge in [0.1, 0.15) is 17.7 Å². The molecule has 1 amide bonds. The summed E-state index contributed by atoms with van der Waals surface area (Å²) in [6, 6.07) is -1.01.